The van der Waals surface area contributed by atoms with Gasteiger partial charge in [-0.3, -0.25) is 9.69 Å². The normalized spacial score (nSPS) is 15.6. The lowest BCUT2D eigenvalue weighted by molar-refractivity contribution is 0.320. The molecule has 1 heterocycles. The maximum atomic E-state index is 11.1. The first kappa shape index (κ1) is 11.4. The minimum absolute atomic E-state index is 0.0259. The Morgan fingerprint density at radius 3 is 3.00 bits per heavy atom. The molecular weight excluding hydrogens is 202 g/mol. The molecule has 1 aliphatic rings. The van der Waals surface area contributed by atoms with Crippen LogP contribution in [0.15, 0.2) is 23.0 Å². The van der Waals surface area contributed by atoms with Crippen molar-refractivity contribution < 1.29 is 0 Å². The van der Waals surface area contributed by atoms with Gasteiger partial charge in [0.25, 0.3) is 0 Å². The molecule has 16 heavy (non-hydrogen) atoms. The summed E-state index contributed by atoms with van der Waals surface area (Å²) in [6.45, 7) is 2.83. The number of rotatable bonds is 6. The van der Waals surface area contributed by atoms with Crippen molar-refractivity contribution in [3.05, 3.63) is 34.2 Å². The van der Waals surface area contributed by atoms with Crippen LogP contribution in [0.2, 0.25) is 0 Å². The summed E-state index contributed by atoms with van der Waals surface area (Å²) >= 11 is 0. The highest BCUT2D eigenvalue weighted by molar-refractivity contribution is 5.03. The second-order valence-electron chi connectivity index (χ2n) is 4.51. The SMILES string of the molecule is CN(CCNC1CC1)Cc1cccc(=O)[nH]1. The first-order valence-electron chi connectivity index (χ1n) is 5.84. The van der Waals surface area contributed by atoms with E-state index in [-0.39, 0.29) is 5.56 Å². The summed E-state index contributed by atoms with van der Waals surface area (Å²) in [6.07, 6.45) is 2.66. The molecule has 1 fully saturated rings. The highest BCUT2D eigenvalue weighted by Gasteiger charge is 2.19. The van der Waals surface area contributed by atoms with Gasteiger partial charge in [-0.2, -0.15) is 0 Å². The minimum Gasteiger partial charge on any atom is -0.325 e. The second kappa shape index (κ2) is 5.27. The van der Waals surface area contributed by atoms with E-state index in [4.69, 9.17) is 0 Å². The molecule has 4 nitrogen and oxygen atoms in total. The summed E-state index contributed by atoms with van der Waals surface area (Å²) in [5.74, 6) is 0. The Hall–Kier alpha value is -1.13. The average molecular weight is 221 g/mol. The molecule has 0 radical (unpaired) electrons. The summed E-state index contributed by atoms with van der Waals surface area (Å²) < 4.78 is 0. The average Bonchev–Trinajstić information content (AvgIpc) is 3.01. The number of nitrogens with zero attached hydrogens (tertiary/aromatic N) is 1. The van der Waals surface area contributed by atoms with E-state index in [0.29, 0.717) is 0 Å². The van der Waals surface area contributed by atoms with E-state index in [1.54, 1.807) is 6.07 Å². The monoisotopic (exact) mass is 221 g/mol. The van der Waals surface area contributed by atoms with Gasteiger partial charge in [-0.15, -0.1) is 0 Å². The fourth-order valence-electron chi connectivity index (χ4n) is 1.70. The van der Waals surface area contributed by atoms with Gasteiger partial charge in [0.2, 0.25) is 5.56 Å². The van der Waals surface area contributed by atoms with Crippen LogP contribution in [0.25, 0.3) is 0 Å². The molecule has 2 rings (SSSR count). The Labute approximate surface area is 95.7 Å². The molecule has 88 valence electrons. The summed E-state index contributed by atoms with van der Waals surface area (Å²) in [6, 6.07) is 6.05. The van der Waals surface area contributed by atoms with E-state index in [1.165, 1.54) is 18.9 Å². The van der Waals surface area contributed by atoms with Crippen LogP contribution in [0.5, 0.6) is 0 Å². The number of likely N-dealkylation sites (N-methyl/N-ethyl adjacent to an activating group) is 1. The van der Waals surface area contributed by atoms with Crippen molar-refractivity contribution in [1.29, 1.82) is 0 Å². The fourth-order valence-corrected chi connectivity index (χ4v) is 1.70. The third-order valence-electron chi connectivity index (χ3n) is 2.77. The van der Waals surface area contributed by atoms with Crippen molar-refractivity contribution in [2.75, 3.05) is 20.1 Å². The van der Waals surface area contributed by atoms with Crippen LogP contribution in [-0.2, 0) is 6.54 Å². The molecule has 2 N–H and O–H groups in total. The summed E-state index contributed by atoms with van der Waals surface area (Å²) in [7, 11) is 2.07. The molecule has 0 saturated heterocycles. The second-order valence-corrected chi connectivity index (χ2v) is 4.51. The Balaban J connectivity index is 1.72. The number of hydrogen-bond acceptors (Lipinski definition) is 3. The largest absolute Gasteiger partial charge is 0.325 e. The van der Waals surface area contributed by atoms with Gasteiger partial charge in [0.1, 0.15) is 0 Å². The Bertz CT molecular complexity index is 384. The zero-order valence-electron chi connectivity index (χ0n) is 9.70. The number of aromatic nitrogens is 1. The predicted octanol–water partition coefficient (Wildman–Crippen LogP) is 0.559. The van der Waals surface area contributed by atoms with E-state index in [9.17, 15) is 4.79 Å². The third-order valence-corrected chi connectivity index (χ3v) is 2.77. The van der Waals surface area contributed by atoms with Crippen molar-refractivity contribution in [2.45, 2.75) is 25.4 Å². The van der Waals surface area contributed by atoms with E-state index in [0.717, 1.165) is 31.4 Å². The Morgan fingerprint density at radius 1 is 1.50 bits per heavy atom. The highest BCUT2D eigenvalue weighted by atomic mass is 16.1. The molecule has 0 aliphatic heterocycles. The van der Waals surface area contributed by atoms with E-state index in [2.05, 4.69) is 22.2 Å². The molecule has 1 saturated carbocycles. The number of hydrogen-bond donors (Lipinski definition) is 2. The lowest BCUT2D eigenvalue weighted by Crippen LogP contribution is -2.30. The smallest absolute Gasteiger partial charge is 0.248 e. The van der Waals surface area contributed by atoms with Crippen LogP contribution in [0.4, 0.5) is 0 Å². The van der Waals surface area contributed by atoms with E-state index in [1.807, 2.05) is 6.07 Å². The van der Waals surface area contributed by atoms with Gasteiger partial charge < -0.3 is 10.3 Å². The van der Waals surface area contributed by atoms with Crippen molar-refractivity contribution in [3.63, 3.8) is 0 Å². The molecule has 1 aliphatic carbocycles. The third kappa shape index (κ3) is 3.79. The first-order valence-corrected chi connectivity index (χ1v) is 5.84. The van der Waals surface area contributed by atoms with Crippen molar-refractivity contribution in [2.24, 2.45) is 0 Å². The fraction of sp³-hybridized carbons (Fsp3) is 0.583. The van der Waals surface area contributed by atoms with E-state index < -0.39 is 0 Å². The summed E-state index contributed by atoms with van der Waals surface area (Å²) in [5.41, 5.74) is 0.948. The molecule has 1 aromatic rings. The lowest BCUT2D eigenvalue weighted by Gasteiger charge is -2.16. The maximum Gasteiger partial charge on any atom is 0.248 e. The maximum absolute atomic E-state index is 11.1. The van der Waals surface area contributed by atoms with Gasteiger partial charge in [-0.05, 0) is 26.0 Å². The molecule has 4 heteroatoms. The summed E-state index contributed by atoms with van der Waals surface area (Å²) in [5, 5.41) is 3.47. The molecule has 1 aromatic heterocycles. The molecule has 0 spiro atoms. The van der Waals surface area contributed by atoms with Gasteiger partial charge in [-0.25, -0.2) is 0 Å². The van der Waals surface area contributed by atoms with Crippen LogP contribution >= 0.6 is 0 Å². The standard InChI is InChI=1S/C12H19N3O/c1-15(8-7-13-10-5-6-10)9-11-3-2-4-12(16)14-11/h2-4,10,13H,5-9H2,1H3,(H,14,16). The zero-order chi connectivity index (χ0) is 11.4. The van der Waals surface area contributed by atoms with Crippen LogP contribution in [0.1, 0.15) is 18.5 Å². The van der Waals surface area contributed by atoms with Crippen molar-refractivity contribution in [1.82, 2.24) is 15.2 Å². The molecule has 0 aromatic carbocycles. The number of nitrogens with one attached hydrogen (secondary N) is 2. The van der Waals surface area contributed by atoms with Gasteiger partial charge >= 0.3 is 0 Å². The molecule has 0 bridgehead atoms. The van der Waals surface area contributed by atoms with Crippen LogP contribution < -0.4 is 10.9 Å². The summed E-state index contributed by atoms with van der Waals surface area (Å²) in [4.78, 5) is 16.1. The van der Waals surface area contributed by atoms with Gasteiger partial charge in [0.15, 0.2) is 0 Å². The molecular formula is C12H19N3O. The molecule has 0 atom stereocenters. The molecule has 0 unspecified atom stereocenters. The van der Waals surface area contributed by atoms with Gasteiger partial charge in [0.05, 0.1) is 0 Å². The van der Waals surface area contributed by atoms with Crippen LogP contribution in [-0.4, -0.2) is 36.1 Å². The first-order chi connectivity index (χ1) is 7.74. The lowest BCUT2D eigenvalue weighted by atomic mass is 10.3. The van der Waals surface area contributed by atoms with Gasteiger partial charge in [-0.1, -0.05) is 6.07 Å². The minimum atomic E-state index is -0.0259. The highest BCUT2D eigenvalue weighted by Crippen LogP contribution is 2.17. The number of aromatic amines is 1. The topological polar surface area (TPSA) is 48.1 Å². The van der Waals surface area contributed by atoms with Crippen molar-refractivity contribution >= 4 is 0 Å². The molecule has 0 amide bonds. The zero-order valence-corrected chi connectivity index (χ0v) is 9.70. The number of pyridine rings is 1. The number of H-pyrrole nitrogens is 1. The van der Waals surface area contributed by atoms with Crippen LogP contribution in [0, 0.1) is 0 Å². The predicted molar refractivity (Wildman–Crippen MR) is 64.4 cm³/mol. The quantitative estimate of drug-likeness (QED) is 0.738. The Morgan fingerprint density at radius 2 is 2.31 bits per heavy atom. The van der Waals surface area contributed by atoms with Gasteiger partial charge in [0, 0.05) is 37.4 Å². The Kier molecular flexibility index (Phi) is 3.74. The van der Waals surface area contributed by atoms with Crippen LogP contribution in [0.3, 0.4) is 0 Å². The van der Waals surface area contributed by atoms with E-state index >= 15 is 0 Å². The van der Waals surface area contributed by atoms with Crippen molar-refractivity contribution in [3.8, 4) is 0 Å².